The van der Waals surface area contributed by atoms with Crippen LogP contribution in [0.25, 0.3) is 10.8 Å². The van der Waals surface area contributed by atoms with E-state index in [1.165, 1.54) is 0 Å². The predicted molar refractivity (Wildman–Crippen MR) is 100 cm³/mol. The van der Waals surface area contributed by atoms with Crippen molar-refractivity contribution in [1.82, 2.24) is 0 Å². The molecule has 0 atom stereocenters. The highest BCUT2D eigenvalue weighted by molar-refractivity contribution is 6.08. The second kappa shape index (κ2) is 7.39. The molecule has 0 radical (unpaired) electrons. The van der Waals surface area contributed by atoms with Crippen molar-refractivity contribution in [1.29, 1.82) is 0 Å². The van der Waals surface area contributed by atoms with Gasteiger partial charge in [0.1, 0.15) is 12.4 Å². The average molecular weight is 334 g/mol. The van der Waals surface area contributed by atoms with Crippen molar-refractivity contribution in [3.8, 4) is 5.75 Å². The molecule has 3 heteroatoms. The van der Waals surface area contributed by atoms with E-state index in [4.69, 9.17) is 9.47 Å². The van der Waals surface area contributed by atoms with E-state index in [-0.39, 0.29) is 5.97 Å². The number of carbonyl (C=O) groups excluding carboxylic acids is 1. The zero-order chi connectivity index (χ0) is 17.8. The van der Waals surface area contributed by atoms with Crippen molar-refractivity contribution in [2.75, 3.05) is 6.61 Å². The first kappa shape index (κ1) is 17.0. The number of rotatable bonds is 5. The Morgan fingerprint density at radius 1 is 0.880 bits per heavy atom. The van der Waals surface area contributed by atoms with Gasteiger partial charge in [-0.1, -0.05) is 54.6 Å². The van der Waals surface area contributed by atoms with E-state index in [2.05, 4.69) is 0 Å². The van der Waals surface area contributed by atoms with Crippen molar-refractivity contribution < 1.29 is 14.3 Å². The number of benzene rings is 3. The van der Waals surface area contributed by atoms with Gasteiger partial charge in [0.25, 0.3) is 0 Å². The van der Waals surface area contributed by atoms with E-state index in [1.807, 2.05) is 75.4 Å². The largest absolute Gasteiger partial charge is 0.488 e. The van der Waals surface area contributed by atoms with E-state index >= 15 is 0 Å². The molecule has 0 aliphatic carbocycles. The topological polar surface area (TPSA) is 35.5 Å². The number of hydrogen-bond acceptors (Lipinski definition) is 3. The Labute approximate surface area is 148 Å². The predicted octanol–water partition coefficient (Wildman–Crippen LogP) is 5.21. The van der Waals surface area contributed by atoms with Gasteiger partial charge in [-0.25, -0.2) is 4.79 Å². The van der Waals surface area contributed by atoms with Gasteiger partial charge in [0.2, 0.25) is 0 Å². The van der Waals surface area contributed by atoms with Gasteiger partial charge in [0.15, 0.2) is 0 Å². The third-order valence-corrected chi connectivity index (χ3v) is 4.42. The second-order valence-corrected chi connectivity index (χ2v) is 5.99. The summed E-state index contributed by atoms with van der Waals surface area (Å²) in [5.74, 6) is 0.541. The third-order valence-electron chi connectivity index (χ3n) is 4.42. The zero-order valence-corrected chi connectivity index (χ0v) is 14.8. The molecule has 0 aromatic heterocycles. The van der Waals surface area contributed by atoms with E-state index < -0.39 is 0 Å². The fourth-order valence-corrected chi connectivity index (χ4v) is 3.04. The van der Waals surface area contributed by atoms with Crippen LogP contribution in [0.5, 0.6) is 5.75 Å². The molecular formula is C22H22O3. The van der Waals surface area contributed by atoms with Gasteiger partial charge >= 0.3 is 5.97 Å². The van der Waals surface area contributed by atoms with Gasteiger partial charge in [-0.3, -0.25) is 0 Å². The molecule has 0 N–H and O–H groups in total. The molecule has 0 aliphatic rings. The first-order valence-electron chi connectivity index (χ1n) is 8.49. The van der Waals surface area contributed by atoms with Crippen LogP contribution < -0.4 is 4.74 Å². The molecule has 3 rings (SSSR count). The molecular weight excluding hydrogens is 312 g/mol. The van der Waals surface area contributed by atoms with Crippen LogP contribution in [0, 0.1) is 13.8 Å². The normalized spacial score (nSPS) is 10.7. The Bertz CT molecular complexity index is 898. The smallest absolute Gasteiger partial charge is 0.339 e. The van der Waals surface area contributed by atoms with Gasteiger partial charge in [-0.05, 0) is 37.5 Å². The maximum atomic E-state index is 12.5. The van der Waals surface area contributed by atoms with Crippen molar-refractivity contribution >= 4 is 16.7 Å². The first-order chi connectivity index (χ1) is 12.1. The van der Waals surface area contributed by atoms with Crippen LogP contribution in [0.4, 0.5) is 0 Å². The van der Waals surface area contributed by atoms with Gasteiger partial charge < -0.3 is 9.47 Å². The molecule has 3 aromatic rings. The number of hydrogen-bond donors (Lipinski definition) is 0. The SMILES string of the molecule is CCOC(=O)c1c(C)c(C)c(OCc2ccccc2)c2ccccc12. The lowest BCUT2D eigenvalue weighted by atomic mass is 9.94. The van der Waals surface area contributed by atoms with E-state index in [0.717, 1.165) is 33.2 Å². The second-order valence-electron chi connectivity index (χ2n) is 5.99. The van der Waals surface area contributed by atoms with Crippen LogP contribution in [0.2, 0.25) is 0 Å². The molecule has 0 bridgehead atoms. The highest BCUT2D eigenvalue weighted by Gasteiger charge is 2.20. The minimum atomic E-state index is -0.283. The number of carbonyl (C=O) groups is 1. The highest BCUT2D eigenvalue weighted by Crippen LogP contribution is 2.36. The molecule has 0 saturated heterocycles. The standard InChI is InChI=1S/C22H22O3/c1-4-24-22(23)20-15(2)16(3)21(19-13-9-8-12-18(19)20)25-14-17-10-6-5-7-11-17/h5-13H,4,14H2,1-3H3. The molecule has 0 fully saturated rings. The molecule has 0 aliphatic heterocycles. The average Bonchev–Trinajstić information content (AvgIpc) is 2.63. The molecule has 0 unspecified atom stereocenters. The van der Waals surface area contributed by atoms with Gasteiger partial charge in [-0.15, -0.1) is 0 Å². The Hall–Kier alpha value is -2.81. The summed E-state index contributed by atoms with van der Waals surface area (Å²) >= 11 is 0. The summed E-state index contributed by atoms with van der Waals surface area (Å²) in [5, 5.41) is 1.80. The molecule has 128 valence electrons. The first-order valence-corrected chi connectivity index (χ1v) is 8.49. The minimum absolute atomic E-state index is 0.283. The lowest BCUT2D eigenvalue weighted by Gasteiger charge is -2.18. The van der Waals surface area contributed by atoms with Crippen LogP contribution in [-0.4, -0.2) is 12.6 Å². The lowest BCUT2D eigenvalue weighted by Crippen LogP contribution is -2.10. The highest BCUT2D eigenvalue weighted by atomic mass is 16.5. The van der Waals surface area contributed by atoms with Crippen LogP contribution in [0.15, 0.2) is 54.6 Å². The van der Waals surface area contributed by atoms with E-state index in [1.54, 1.807) is 0 Å². The summed E-state index contributed by atoms with van der Waals surface area (Å²) in [5.41, 5.74) is 3.61. The molecule has 0 saturated carbocycles. The summed E-state index contributed by atoms with van der Waals surface area (Å²) in [4.78, 5) is 12.5. The summed E-state index contributed by atoms with van der Waals surface area (Å²) in [6.07, 6.45) is 0. The van der Waals surface area contributed by atoms with Gasteiger partial charge in [-0.2, -0.15) is 0 Å². The number of esters is 1. The molecule has 3 aromatic carbocycles. The summed E-state index contributed by atoms with van der Waals surface area (Å²) in [6.45, 7) is 6.61. The van der Waals surface area contributed by atoms with Crippen LogP contribution in [0.3, 0.4) is 0 Å². The Morgan fingerprint density at radius 3 is 2.20 bits per heavy atom. The lowest BCUT2D eigenvalue weighted by molar-refractivity contribution is 0.0527. The Balaban J connectivity index is 2.09. The number of fused-ring (bicyclic) bond motifs is 1. The third kappa shape index (κ3) is 3.36. The maximum Gasteiger partial charge on any atom is 0.339 e. The molecule has 0 heterocycles. The number of ether oxygens (including phenoxy) is 2. The summed E-state index contributed by atoms with van der Waals surface area (Å²) < 4.78 is 11.4. The Kier molecular flexibility index (Phi) is 5.03. The summed E-state index contributed by atoms with van der Waals surface area (Å²) in [7, 11) is 0. The van der Waals surface area contributed by atoms with Gasteiger partial charge in [0.05, 0.1) is 12.2 Å². The van der Waals surface area contributed by atoms with Crippen LogP contribution in [0.1, 0.15) is 34.0 Å². The van der Waals surface area contributed by atoms with Crippen molar-refractivity contribution in [2.24, 2.45) is 0 Å². The maximum absolute atomic E-state index is 12.5. The minimum Gasteiger partial charge on any atom is -0.488 e. The molecule has 25 heavy (non-hydrogen) atoms. The quantitative estimate of drug-likeness (QED) is 0.601. The molecule has 0 spiro atoms. The fourth-order valence-electron chi connectivity index (χ4n) is 3.04. The van der Waals surface area contributed by atoms with Crippen LogP contribution >= 0.6 is 0 Å². The van der Waals surface area contributed by atoms with E-state index in [9.17, 15) is 4.79 Å². The molecule has 0 amide bonds. The van der Waals surface area contributed by atoms with Crippen molar-refractivity contribution in [3.05, 3.63) is 76.9 Å². The van der Waals surface area contributed by atoms with Gasteiger partial charge in [0, 0.05) is 10.8 Å². The summed E-state index contributed by atoms with van der Waals surface area (Å²) in [6, 6.07) is 17.9. The van der Waals surface area contributed by atoms with Crippen molar-refractivity contribution in [3.63, 3.8) is 0 Å². The van der Waals surface area contributed by atoms with E-state index in [0.29, 0.717) is 18.8 Å². The monoisotopic (exact) mass is 334 g/mol. The Morgan fingerprint density at radius 2 is 1.52 bits per heavy atom. The van der Waals surface area contributed by atoms with Crippen LogP contribution in [-0.2, 0) is 11.3 Å². The zero-order valence-electron chi connectivity index (χ0n) is 14.8. The molecule has 3 nitrogen and oxygen atoms in total. The van der Waals surface area contributed by atoms with Crippen molar-refractivity contribution in [2.45, 2.75) is 27.4 Å². The fraction of sp³-hybridized carbons (Fsp3) is 0.227.